The summed E-state index contributed by atoms with van der Waals surface area (Å²) < 4.78 is 10.4. The minimum absolute atomic E-state index is 0.199. The molecule has 0 amide bonds. The Morgan fingerprint density at radius 1 is 1.39 bits per heavy atom. The van der Waals surface area contributed by atoms with Gasteiger partial charge < -0.3 is 9.47 Å². The highest BCUT2D eigenvalue weighted by Gasteiger charge is 2.17. The molecule has 0 aliphatic carbocycles. The largest absolute Gasteiger partial charge is 0.481 e. The summed E-state index contributed by atoms with van der Waals surface area (Å²) in [5.41, 5.74) is 0.848. The fraction of sp³-hybridized carbons (Fsp3) is 0.429. The van der Waals surface area contributed by atoms with Crippen LogP contribution in [0.15, 0.2) is 18.2 Å². The van der Waals surface area contributed by atoms with E-state index in [1.165, 1.54) is 0 Å². The van der Waals surface area contributed by atoms with Crippen molar-refractivity contribution in [1.29, 1.82) is 5.26 Å². The van der Waals surface area contributed by atoms with Gasteiger partial charge in [0.05, 0.1) is 5.56 Å². The quantitative estimate of drug-likeness (QED) is 0.770. The Labute approximate surface area is 107 Å². The van der Waals surface area contributed by atoms with Gasteiger partial charge in [-0.1, -0.05) is 6.07 Å². The maximum atomic E-state index is 11.5. The van der Waals surface area contributed by atoms with Crippen molar-refractivity contribution in [3.05, 3.63) is 29.3 Å². The van der Waals surface area contributed by atoms with Gasteiger partial charge in [0.1, 0.15) is 17.4 Å². The Balaban J connectivity index is 2.65. The molecule has 18 heavy (non-hydrogen) atoms. The van der Waals surface area contributed by atoms with Gasteiger partial charge in [0.25, 0.3) is 0 Å². The Morgan fingerprint density at radius 3 is 2.61 bits per heavy atom. The normalized spacial score (nSPS) is 10.6. The lowest BCUT2D eigenvalue weighted by Gasteiger charge is -2.19. The van der Waals surface area contributed by atoms with Gasteiger partial charge in [-0.2, -0.15) is 5.26 Å². The maximum absolute atomic E-state index is 11.5. The Hall–Kier alpha value is -2.02. The number of esters is 1. The summed E-state index contributed by atoms with van der Waals surface area (Å²) in [5, 5.41) is 8.95. The number of nitrogens with zero attached hydrogens (tertiary/aromatic N) is 1. The first kappa shape index (κ1) is 14.0. The first-order valence-corrected chi connectivity index (χ1v) is 5.67. The van der Waals surface area contributed by atoms with Crippen molar-refractivity contribution in [1.82, 2.24) is 0 Å². The number of aryl methyl sites for hydroxylation is 1. The van der Waals surface area contributed by atoms with Crippen LogP contribution in [0.4, 0.5) is 0 Å². The molecule has 0 atom stereocenters. The number of rotatable bonds is 3. The van der Waals surface area contributed by atoms with E-state index < -0.39 is 11.6 Å². The van der Waals surface area contributed by atoms with Crippen molar-refractivity contribution < 1.29 is 14.3 Å². The third-order valence-corrected chi connectivity index (χ3v) is 2.02. The smallest absolute Gasteiger partial charge is 0.344 e. The molecule has 0 aromatic heterocycles. The van der Waals surface area contributed by atoms with Crippen LogP contribution in [0.3, 0.4) is 0 Å². The zero-order valence-electron chi connectivity index (χ0n) is 11.1. The lowest BCUT2D eigenvalue weighted by Crippen LogP contribution is -2.27. The zero-order valence-corrected chi connectivity index (χ0v) is 11.1. The number of hydrogen-bond donors (Lipinski definition) is 0. The van der Waals surface area contributed by atoms with Crippen LogP contribution in [0.5, 0.6) is 5.75 Å². The van der Waals surface area contributed by atoms with Gasteiger partial charge in [0, 0.05) is 0 Å². The van der Waals surface area contributed by atoms with Crippen LogP contribution in [-0.2, 0) is 9.53 Å². The SMILES string of the molecule is Cc1ccc(OCC(=O)OC(C)(C)C)c(C#N)c1. The second-order valence-electron chi connectivity index (χ2n) is 4.99. The van der Waals surface area contributed by atoms with Crippen molar-refractivity contribution in [2.45, 2.75) is 33.3 Å². The van der Waals surface area contributed by atoms with Gasteiger partial charge in [-0.25, -0.2) is 4.79 Å². The third kappa shape index (κ3) is 4.46. The summed E-state index contributed by atoms with van der Waals surface area (Å²) in [6.45, 7) is 7.06. The predicted octanol–water partition coefficient (Wildman–Crippen LogP) is 2.59. The number of ether oxygens (including phenoxy) is 2. The molecule has 96 valence electrons. The number of nitriles is 1. The molecule has 0 spiro atoms. The van der Waals surface area contributed by atoms with Crippen LogP contribution in [0.2, 0.25) is 0 Å². The molecule has 0 N–H and O–H groups in total. The first-order chi connectivity index (χ1) is 8.31. The molecular formula is C14H17NO3. The standard InChI is InChI=1S/C14H17NO3/c1-10-5-6-12(11(7-10)8-15)17-9-13(16)18-14(2,3)4/h5-7H,9H2,1-4H3. The van der Waals surface area contributed by atoms with Crippen LogP contribution >= 0.6 is 0 Å². The topological polar surface area (TPSA) is 59.3 Å². The van der Waals surface area contributed by atoms with Crippen LogP contribution in [0.1, 0.15) is 31.9 Å². The van der Waals surface area contributed by atoms with E-state index in [2.05, 4.69) is 0 Å². The summed E-state index contributed by atoms with van der Waals surface area (Å²) in [7, 11) is 0. The minimum Gasteiger partial charge on any atom is -0.481 e. The third-order valence-electron chi connectivity index (χ3n) is 2.02. The molecule has 1 rings (SSSR count). The lowest BCUT2D eigenvalue weighted by molar-refractivity contribution is -0.157. The lowest BCUT2D eigenvalue weighted by atomic mass is 10.1. The second kappa shape index (κ2) is 5.54. The zero-order chi connectivity index (χ0) is 13.8. The molecule has 0 aliphatic rings. The molecule has 0 saturated heterocycles. The van der Waals surface area contributed by atoms with Crippen LogP contribution in [0, 0.1) is 18.3 Å². The average molecular weight is 247 g/mol. The summed E-state index contributed by atoms with van der Waals surface area (Å²) in [6, 6.07) is 7.25. The Bertz CT molecular complexity index is 481. The molecule has 0 aliphatic heterocycles. The van der Waals surface area contributed by atoms with Gasteiger partial charge in [-0.3, -0.25) is 0 Å². The predicted molar refractivity (Wildman–Crippen MR) is 67.2 cm³/mol. The molecule has 0 bridgehead atoms. The van der Waals surface area contributed by atoms with E-state index in [9.17, 15) is 4.79 Å². The number of carbonyl (C=O) groups is 1. The highest BCUT2D eigenvalue weighted by atomic mass is 16.6. The molecule has 0 heterocycles. The van der Waals surface area contributed by atoms with Gasteiger partial charge in [-0.05, 0) is 45.4 Å². The van der Waals surface area contributed by atoms with Gasteiger partial charge in [-0.15, -0.1) is 0 Å². The minimum atomic E-state index is -0.536. The second-order valence-corrected chi connectivity index (χ2v) is 4.99. The number of hydrogen-bond acceptors (Lipinski definition) is 4. The van der Waals surface area contributed by atoms with E-state index in [0.717, 1.165) is 5.56 Å². The number of carbonyl (C=O) groups excluding carboxylic acids is 1. The van der Waals surface area contributed by atoms with Gasteiger partial charge >= 0.3 is 5.97 Å². The van der Waals surface area contributed by atoms with E-state index in [1.54, 1.807) is 32.9 Å². The van der Waals surface area contributed by atoms with Gasteiger partial charge in [0.2, 0.25) is 0 Å². The molecule has 4 nitrogen and oxygen atoms in total. The molecule has 0 fully saturated rings. The summed E-state index contributed by atoms with van der Waals surface area (Å²) in [5.74, 6) is -0.0547. The molecule has 4 heteroatoms. The average Bonchev–Trinajstić information content (AvgIpc) is 2.24. The highest BCUT2D eigenvalue weighted by Crippen LogP contribution is 2.19. The van der Waals surface area contributed by atoms with Crippen molar-refractivity contribution in [3.63, 3.8) is 0 Å². The monoisotopic (exact) mass is 247 g/mol. The van der Waals surface area contributed by atoms with Crippen molar-refractivity contribution in [2.75, 3.05) is 6.61 Å². The molecular weight excluding hydrogens is 230 g/mol. The van der Waals surface area contributed by atoms with E-state index in [0.29, 0.717) is 11.3 Å². The van der Waals surface area contributed by atoms with Crippen molar-refractivity contribution in [3.8, 4) is 11.8 Å². The van der Waals surface area contributed by atoms with Crippen molar-refractivity contribution in [2.24, 2.45) is 0 Å². The van der Waals surface area contributed by atoms with Gasteiger partial charge in [0.15, 0.2) is 6.61 Å². The molecule has 1 aromatic carbocycles. The first-order valence-electron chi connectivity index (χ1n) is 5.67. The van der Waals surface area contributed by atoms with E-state index in [4.69, 9.17) is 14.7 Å². The molecule has 1 aromatic rings. The maximum Gasteiger partial charge on any atom is 0.344 e. The van der Waals surface area contributed by atoms with Crippen molar-refractivity contribution >= 4 is 5.97 Å². The Kier molecular flexibility index (Phi) is 4.33. The summed E-state index contributed by atoms with van der Waals surface area (Å²) in [4.78, 5) is 11.5. The Morgan fingerprint density at radius 2 is 2.06 bits per heavy atom. The van der Waals surface area contributed by atoms with E-state index in [-0.39, 0.29) is 6.61 Å². The molecule has 0 unspecified atom stereocenters. The summed E-state index contributed by atoms with van der Waals surface area (Å²) >= 11 is 0. The summed E-state index contributed by atoms with van der Waals surface area (Å²) in [6.07, 6.45) is 0. The van der Waals surface area contributed by atoms with Crippen LogP contribution in [-0.4, -0.2) is 18.2 Å². The number of benzene rings is 1. The molecule has 0 saturated carbocycles. The highest BCUT2D eigenvalue weighted by molar-refractivity contribution is 5.71. The van der Waals surface area contributed by atoms with Crippen LogP contribution in [0.25, 0.3) is 0 Å². The van der Waals surface area contributed by atoms with E-state index in [1.807, 2.05) is 19.1 Å². The molecule has 0 radical (unpaired) electrons. The fourth-order valence-corrected chi connectivity index (χ4v) is 1.36. The van der Waals surface area contributed by atoms with E-state index >= 15 is 0 Å². The fourth-order valence-electron chi connectivity index (χ4n) is 1.36. The van der Waals surface area contributed by atoms with Crippen LogP contribution < -0.4 is 4.74 Å².